The van der Waals surface area contributed by atoms with Crippen molar-refractivity contribution in [3.63, 3.8) is 0 Å². The summed E-state index contributed by atoms with van der Waals surface area (Å²) in [7, 11) is 1.99. The lowest BCUT2D eigenvalue weighted by Crippen LogP contribution is -2.22. The lowest BCUT2D eigenvalue weighted by atomic mass is 10.1. The van der Waals surface area contributed by atoms with Crippen LogP contribution in [0.4, 0.5) is 5.69 Å². The van der Waals surface area contributed by atoms with E-state index < -0.39 is 0 Å². The summed E-state index contributed by atoms with van der Waals surface area (Å²) in [6.45, 7) is 2.74. The topological polar surface area (TPSA) is 61.8 Å². The van der Waals surface area contributed by atoms with E-state index in [2.05, 4.69) is 22.2 Å². The molecule has 0 aromatic heterocycles. The van der Waals surface area contributed by atoms with E-state index in [0.29, 0.717) is 0 Å². The van der Waals surface area contributed by atoms with Gasteiger partial charge in [0.25, 0.3) is 0 Å². The molecule has 0 saturated carbocycles. The summed E-state index contributed by atoms with van der Waals surface area (Å²) in [6, 6.07) is 16.1. The molecule has 4 heteroatoms. The Morgan fingerprint density at radius 3 is 2.55 bits per heavy atom. The third kappa shape index (κ3) is 3.09. The number of anilines is 1. The van der Waals surface area contributed by atoms with Crippen molar-refractivity contribution < 1.29 is 5.21 Å². The van der Waals surface area contributed by atoms with Gasteiger partial charge in [-0.15, -0.1) is 0 Å². The minimum atomic E-state index is 0.128. The Balaban J connectivity index is 2.32. The maximum absolute atomic E-state index is 8.92. The van der Waals surface area contributed by atoms with Crippen molar-refractivity contribution in [3.05, 3.63) is 65.2 Å². The highest BCUT2D eigenvalue weighted by Gasteiger charge is 2.11. The van der Waals surface area contributed by atoms with Crippen LogP contribution in [0.1, 0.15) is 16.7 Å². The molecule has 4 nitrogen and oxygen atoms in total. The second-order valence-electron chi connectivity index (χ2n) is 4.85. The molecule has 2 aromatic rings. The Hall–Kier alpha value is -2.49. The summed E-state index contributed by atoms with van der Waals surface area (Å²) in [5.41, 5.74) is 9.73. The Kier molecular flexibility index (Phi) is 4.25. The highest BCUT2D eigenvalue weighted by Crippen LogP contribution is 2.22. The number of oxime groups is 1. The van der Waals surface area contributed by atoms with Gasteiger partial charge in [0.15, 0.2) is 5.84 Å². The van der Waals surface area contributed by atoms with Crippen LogP contribution >= 0.6 is 0 Å². The first-order valence-electron chi connectivity index (χ1n) is 6.45. The first kappa shape index (κ1) is 13.9. The second-order valence-corrected chi connectivity index (χ2v) is 4.85. The Bertz CT molecular complexity index is 608. The SMILES string of the molecule is Cc1ccc(N(C)Cc2ccccc2)c(/C(N)=N/O)c1. The number of hydrogen-bond donors (Lipinski definition) is 2. The number of nitrogens with two attached hydrogens (primary N) is 1. The van der Waals surface area contributed by atoms with Crippen LogP contribution in [0.2, 0.25) is 0 Å². The van der Waals surface area contributed by atoms with Gasteiger partial charge in [0.1, 0.15) is 0 Å². The Morgan fingerprint density at radius 2 is 1.90 bits per heavy atom. The lowest BCUT2D eigenvalue weighted by Gasteiger charge is -2.22. The first-order valence-corrected chi connectivity index (χ1v) is 6.45. The highest BCUT2D eigenvalue weighted by atomic mass is 16.4. The minimum Gasteiger partial charge on any atom is -0.409 e. The first-order chi connectivity index (χ1) is 9.61. The van der Waals surface area contributed by atoms with Crippen molar-refractivity contribution in [1.29, 1.82) is 0 Å². The quantitative estimate of drug-likeness (QED) is 0.388. The van der Waals surface area contributed by atoms with Crippen molar-refractivity contribution >= 4 is 11.5 Å². The largest absolute Gasteiger partial charge is 0.409 e. The number of benzene rings is 2. The summed E-state index contributed by atoms with van der Waals surface area (Å²) in [5, 5.41) is 12.0. The molecule has 0 atom stereocenters. The van der Waals surface area contributed by atoms with Crippen LogP contribution in [0.3, 0.4) is 0 Å². The molecule has 0 aliphatic heterocycles. The molecular formula is C16H19N3O. The highest BCUT2D eigenvalue weighted by molar-refractivity contribution is 6.02. The second kappa shape index (κ2) is 6.10. The zero-order chi connectivity index (χ0) is 14.5. The molecule has 0 amide bonds. The van der Waals surface area contributed by atoms with Gasteiger partial charge in [-0.3, -0.25) is 0 Å². The Morgan fingerprint density at radius 1 is 1.20 bits per heavy atom. The van der Waals surface area contributed by atoms with Crippen LogP contribution in [-0.2, 0) is 6.54 Å². The van der Waals surface area contributed by atoms with Crippen molar-refractivity contribution in [3.8, 4) is 0 Å². The van der Waals surface area contributed by atoms with E-state index in [-0.39, 0.29) is 5.84 Å². The smallest absolute Gasteiger partial charge is 0.172 e. The summed E-state index contributed by atoms with van der Waals surface area (Å²) in [4.78, 5) is 2.09. The summed E-state index contributed by atoms with van der Waals surface area (Å²) < 4.78 is 0. The fraction of sp³-hybridized carbons (Fsp3) is 0.188. The molecule has 0 spiro atoms. The van der Waals surface area contributed by atoms with Gasteiger partial charge in [-0.05, 0) is 24.6 Å². The van der Waals surface area contributed by atoms with Crippen LogP contribution < -0.4 is 10.6 Å². The van der Waals surface area contributed by atoms with Crippen molar-refractivity contribution in [1.82, 2.24) is 0 Å². The maximum Gasteiger partial charge on any atom is 0.172 e. The molecule has 20 heavy (non-hydrogen) atoms. The summed E-state index contributed by atoms with van der Waals surface area (Å²) in [5.74, 6) is 0.128. The number of nitrogens with zero attached hydrogens (tertiary/aromatic N) is 2. The molecule has 0 bridgehead atoms. The molecule has 104 valence electrons. The maximum atomic E-state index is 8.92. The fourth-order valence-corrected chi connectivity index (χ4v) is 2.18. The Labute approximate surface area is 119 Å². The number of hydrogen-bond acceptors (Lipinski definition) is 3. The monoisotopic (exact) mass is 269 g/mol. The van der Waals surface area contributed by atoms with Gasteiger partial charge in [-0.1, -0.05) is 47.1 Å². The van der Waals surface area contributed by atoms with E-state index in [1.54, 1.807) is 0 Å². The van der Waals surface area contributed by atoms with E-state index in [0.717, 1.165) is 23.4 Å². The van der Waals surface area contributed by atoms with E-state index in [1.807, 2.05) is 50.4 Å². The van der Waals surface area contributed by atoms with Gasteiger partial charge in [0, 0.05) is 24.8 Å². The van der Waals surface area contributed by atoms with Crippen LogP contribution in [0, 0.1) is 6.92 Å². The molecule has 0 aliphatic carbocycles. The van der Waals surface area contributed by atoms with Gasteiger partial charge < -0.3 is 15.8 Å². The van der Waals surface area contributed by atoms with E-state index in [4.69, 9.17) is 10.9 Å². The van der Waals surface area contributed by atoms with Crippen molar-refractivity contribution in [2.45, 2.75) is 13.5 Å². The average molecular weight is 269 g/mol. The predicted molar refractivity (Wildman–Crippen MR) is 82.2 cm³/mol. The molecule has 0 unspecified atom stereocenters. The zero-order valence-electron chi connectivity index (χ0n) is 11.7. The van der Waals surface area contributed by atoms with Gasteiger partial charge >= 0.3 is 0 Å². The standard InChI is InChI=1S/C16H19N3O/c1-12-8-9-15(14(10-12)16(17)18-20)19(2)11-13-6-4-3-5-7-13/h3-10,20H,11H2,1-2H3,(H2,17,18). The molecule has 2 aromatic carbocycles. The van der Waals surface area contributed by atoms with Crippen molar-refractivity contribution in [2.75, 3.05) is 11.9 Å². The molecule has 2 rings (SSSR count). The normalized spacial score (nSPS) is 11.4. The molecule has 3 N–H and O–H groups in total. The van der Waals surface area contributed by atoms with Gasteiger partial charge in [0.05, 0.1) is 0 Å². The summed E-state index contributed by atoms with van der Waals surface area (Å²) in [6.07, 6.45) is 0. The van der Waals surface area contributed by atoms with E-state index in [1.165, 1.54) is 5.56 Å². The van der Waals surface area contributed by atoms with Gasteiger partial charge in [-0.25, -0.2) is 0 Å². The minimum absolute atomic E-state index is 0.128. The number of rotatable bonds is 4. The fourth-order valence-electron chi connectivity index (χ4n) is 2.18. The molecule has 0 heterocycles. The van der Waals surface area contributed by atoms with Gasteiger partial charge in [0.2, 0.25) is 0 Å². The van der Waals surface area contributed by atoms with Gasteiger partial charge in [-0.2, -0.15) is 0 Å². The summed E-state index contributed by atoms with van der Waals surface area (Å²) >= 11 is 0. The third-order valence-electron chi connectivity index (χ3n) is 3.21. The molecular weight excluding hydrogens is 250 g/mol. The molecule has 0 saturated heterocycles. The molecule has 0 radical (unpaired) electrons. The van der Waals surface area contributed by atoms with Crippen LogP contribution in [0.5, 0.6) is 0 Å². The number of aryl methyl sites for hydroxylation is 1. The van der Waals surface area contributed by atoms with Crippen LogP contribution in [0.25, 0.3) is 0 Å². The van der Waals surface area contributed by atoms with E-state index >= 15 is 0 Å². The molecule has 0 aliphatic rings. The average Bonchev–Trinajstić information content (AvgIpc) is 2.47. The number of amidine groups is 1. The zero-order valence-corrected chi connectivity index (χ0v) is 11.7. The van der Waals surface area contributed by atoms with Crippen molar-refractivity contribution in [2.24, 2.45) is 10.9 Å². The lowest BCUT2D eigenvalue weighted by molar-refractivity contribution is 0.318. The third-order valence-corrected chi connectivity index (χ3v) is 3.21. The van der Waals surface area contributed by atoms with Crippen LogP contribution in [-0.4, -0.2) is 18.1 Å². The predicted octanol–water partition coefficient (Wildman–Crippen LogP) is 2.73. The van der Waals surface area contributed by atoms with E-state index in [9.17, 15) is 0 Å². The van der Waals surface area contributed by atoms with Crippen LogP contribution in [0.15, 0.2) is 53.7 Å². The molecule has 0 fully saturated rings.